The number of carbonyl (C=O) groups is 2. The Balaban J connectivity index is 2.11. The van der Waals surface area contributed by atoms with Crippen LogP contribution in [0.25, 0.3) is 0 Å². The van der Waals surface area contributed by atoms with Gasteiger partial charge in [0.05, 0.1) is 11.9 Å². The number of hydrogen-bond acceptors (Lipinski definition) is 3. The molecular formula is C12H12N4O2. The largest absolute Gasteiger partial charge is 0.366 e. The Hall–Kier alpha value is -2.63. The summed E-state index contributed by atoms with van der Waals surface area (Å²) in [5, 5.41) is 6.63. The number of nitrogens with one attached hydrogen (secondary N) is 1. The highest BCUT2D eigenvalue weighted by molar-refractivity contribution is 6.04. The Labute approximate surface area is 103 Å². The van der Waals surface area contributed by atoms with E-state index >= 15 is 0 Å². The highest BCUT2D eigenvalue weighted by Crippen LogP contribution is 2.09. The SMILES string of the molecule is Cn1cc(NC(=O)c2ccc(C(N)=O)cc2)cn1. The van der Waals surface area contributed by atoms with Crippen molar-refractivity contribution >= 4 is 17.5 Å². The summed E-state index contributed by atoms with van der Waals surface area (Å²) in [5.41, 5.74) is 6.54. The molecule has 0 unspecified atom stereocenters. The van der Waals surface area contributed by atoms with Crippen molar-refractivity contribution in [3.05, 3.63) is 47.8 Å². The average Bonchev–Trinajstić information content (AvgIpc) is 2.75. The number of carbonyl (C=O) groups excluding carboxylic acids is 2. The van der Waals surface area contributed by atoms with Crippen molar-refractivity contribution < 1.29 is 9.59 Å². The molecule has 0 radical (unpaired) electrons. The molecule has 0 fully saturated rings. The van der Waals surface area contributed by atoms with Crippen molar-refractivity contribution in [2.24, 2.45) is 12.8 Å². The number of rotatable bonds is 3. The Morgan fingerprint density at radius 2 is 1.83 bits per heavy atom. The number of nitrogens with two attached hydrogens (primary N) is 1. The van der Waals surface area contributed by atoms with Crippen molar-refractivity contribution in [2.45, 2.75) is 0 Å². The van der Waals surface area contributed by atoms with Gasteiger partial charge >= 0.3 is 0 Å². The first-order chi connectivity index (χ1) is 8.56. The number of anilines is 1. The monoisotopic (exact) mass is 244 g/mol. The van der Waals surface area contributed by atoms with Crippen LogP contribution < -0.4 is 11.1 Å². The van der Waals surface area contributed by atoms with E-state index in [0.29, 0.717) is 16.8 Å². The van der Waals surface area contributed by atoms with E-state index in [-0.39, 0.29) is 5.91 Å². The van der Waals surface area contributed by atoms with E-state index in [1.165, 1.54) is 12.1 Å². The lowest BCUT2D eigenvalue weighted by molar-refractivity contribution is 0.0995. The maximum absolute atomic E-state index is 11.8. The highest BCUT2D eigenvalue weighted by Gasteiger charge is 2.08. The molecule has 0 aliphatic rings. The van der Waals surface area contributed by atoms with Gasteiger partial charge in [0.2, 0.25) is 5.91 Å². The van der Waals surface area contributed by atoms with E-state index in [1.807, 2.05) is 0 Å². The van der Waals surface area contributed by atoms with Gasteiger partial charge in [0, 0.05) is 24.4 Å². The standard InChI is InChI=1S/C12H12N4O2/c1-16-7-10(6-14-16)15-12(18)9-4-2-8(3-5-9)11(13)17/h2-7H,1H3,(H2,13,17)(H,15,18). The molecule has 2 rings (SSSR count). The number of aromatic nitrogens is 2. The maximum Gasteiger partial charge on any atom is 0.255 e. The molecule has 2 aromatic rings. The van der Waals surface area contributed by atoms with Gasteiger partial charge in [-0.05, 0) is 24.3 Å². The molecule has 0 bridgehead atoms. The van der Waals surface area contributed by atoms with E-state index in [1.54, 1.807) is 36.3 Å². The highest BCUT2D eigenvalue weighted by atomic mass is 16.2. The number of hydrogen-bond donors (Lipinski definition) is 2. The second-order valence-electron chi connectivity index (χ2n) is 3.80. The molecule has 2 amide bonds. The smallest absolute Gasteiger partial charge is 0.255 e. The van der Waals surface area contributed by atoms with E-state index < -0.39 is 5.91 Å². The summed E-state index contributed by atoms with van der Waals surface area (Å²) in [6.45, 7) is 0. The van der Waals surface area contributed by atoms with Crippen LogP contribution in [0.15, 0.2) is 36.7 Å². The van der Waals surface area contributed by atoms with Crippen LogP contribution in [0.5, 0.6) is 0 Å². The van der Waals surface area contributed by atoms with Gasteiger partial charge in [0.1, 0.15) is 0 Å². The summed E-state index contributed by atoms with van der Waals surface area (Å²) in [7, 11) is 1.76. The molecule has 6 nitrogen and oxygen atoms in total. The Morgan fingerprint density at radius 3 is 2.33 bits per heavy atom. The lowest BCUT2D eigenvalue weighted by atomic mass is 10.1. The lowest BCUT2D eigenvalue weighted by Crippen LogP contribution is -2.13. The minimum atomic E-state index is -0.519. The minimum absolute atomic E-state index is 0.265. The third-order valence-corrected chi connectivity index (χ3v) is 2.39. The number of amides is 2. The van der Waals surface area contributed by atoms with Crippen LogP contribution >= 0.6 is 0 Å². The van der Waals surface area contributed by atoms with Crippen molar-refractivity contribution in [3.63, 3.8) is 0 Å². The molecule has 1 aromatic heterocycles. The zero-order chi connectivity index (χ0) is 13.1. The van der Waals surface area contributed by atoms with Crippen LogP contribution in [0.2, 0.25) is 0 Å². The third-order valence-electron chi connectivity index (χ3n) is 2.39. The first-order valence-corrected chi connectivity index (χ1v) is 5.26. The minimum Gasteiger partial charge on any atom is -0.366 e. The molecule has 92 valence electrons. The van der Waals surface area contributed by atoms with Crippen molar-refractivity contribution in [3.8, 4) is 0 Å². The van der Waals surface area contributed by atoms with Crippen LogP contribution in [0.1, 0.15) is 20.7 Å². The van der Waals surface area contributed by atoms with Gasteiger partial charge < -0.3 is 11.1 Å². The van der Waals surface area contributed by atoms with Gasteiger partial charge in [0.25, 0.3) is 5.91 Å². The second-order valence-corrected chi connectivity index (χ2v) is 3.80. The quantitative estimate of drug-likeness (QED) is 0.835. The molecule has 0 saturated carbocycles. The van der Waals surface area contributed by atoms with Gasteiger partial charge in [-0.2, -0.15) is 5.10 Å². The van der Waals surface area contributed by atoms with Crippen LogP contribution in [0.3, 0.4) is 0 Å². The first-order valence-electron chi connectivity index (χ1n) is 5.26. The summed E-state index contributed by atoms with van der Waals surface area (Å²) in [5.74, 6) is -0.784. The van der Waals surface area contributed by atoms with Gasteiger partial charge in [-0.3, -0.25) is 14.3 Å². The zero-order valence-electron chi connectivity index (χ0n) is 9.75. The molecule has 0 saturated heterocycles. The topological polar surface area (TPSA) is 90.0 Å². The number of benzene rings is 1. The Morgan fingerprint density at radius 1 is 1.22 bits per heavy atom. The molecule has 0 aliphatic heterocycles. The molecule has 18 heavy (non-hydrogen) atoms. The lowest BCUT2D eigenvalue weighted by Gasteiger charge is -2.02. The predicted molar refractivity (Wildman–Crippen MR) is 66.1 cm³/mol. The fourth-order valence-corrected chi connectivity index (χ4v) is 1.47. The molecule has 1 aromatic carbocycles. The molecule has 0 atom stereocenters. The molecule has 6 heteroatoms. The van der Waals surface area contributed by atoms with Gasteiger partial charge in [-0.15, -0.1) is 0 Å². The molecule has 3 N–H and O–H groups in total. The fourth-order valence-electron chi connectivity index (χ4n) is 1.47. The molecule has 0 spiro atoms. The summed E-state index contributed by atoms with van der Waals surface area (Å²) in [6.07, 6.45) is 3.24. The van der Waals surface area contributed by atoms with Crippen LogP contribution in [0.4, 0.5) is 5.69 Å². The number of primary amides is 1. The fraction of sp³-hybridized carbons (Fsp3) is 0.0833. The van der Waals surface area contributed by atoms with Gasteiger partial charge in [0.15, 0.2) is 0 Å². The van der Waals surface area contributed by atoms with E-state index in [0.717, 1.165) is 0 Å². The summed E-state index contributed by atoms with van der Waals surface area (Å²) in [6, 6.07) is 6.12. The van der Waals surface area contributed by atoms with Gasteiger partial charge in [-0.1, -0.05) is 0 Å². The summed E-state index contributed by atoms with van der Waals surface area (Å²) >= 11 is 0. The number of nitrogens with zero attached hydrogens (tertiary/aromatic N) is 2. The zero-order valence-corrected chi connectivity index (χ0v) is 9.75. The van der Waals surface area contributed by atoms with Crippen LogP contribution in [-0.4, -0.2) is 21.6 Å². The molecule has 0 aliphatic carbocycles. The maximum atomic E-state index is 11.8. The molecule has 1 heterocycles. The van der Waals surface area contributed by atoms with Crippen molar-refractivity contribution in [2.75, 3.05) is 5.32 Å². The third kappa shape index (κ3) is 2.54. The average molecular weight is 244 g/mol. The summed E-state index contributed by atoms with van der Waals surface area (Å²) in [4.78, 5) is 22.7. The number of aryl methyl sites for hydroxylation is 1. The normalized spacial score (nSPS) is 10.1. The van der Waals surface area contributed by atoms with Crippen LogP contribution in [-0.2, 0) is 7.05 Å². The van der Waals surface area contributed by atoms with Gasteiger partial charge in [-0.25, -0.2) is 0 Å². The van der Waals surface area contributed by atoms with E-state index in [2.05, 4.69) is 10.4 Å². The Bertz CT molecular complexity index is 586. The van der Waals surface area contributed by atoms with Crippen molar-refractivity contribution in [1.82, 2.24) is 9.78 Å². The van der Waals surface area contributed by atoms with Crippen molar-refractivity contribution in [1.29, 1.82) is 0 Å². The van der Waals surface area contributed by atoms with E-state index in [4.69, 9.17) is 5.73 Å². The molecular weight excluding hydrogens is 232 g/mol. The van der Waals surface area contributed by atoms with Crippen LogP contribution in [0, 0.1) is 0 Å². The second kappa shape index (κ2) is 4.70. The predicted octanol–water partition coefficient (Wildman–Crippen LogP) is 0.771. The Kier molecular flexibility index (Phi) is 3.09. The van der Waals surface area contributed by atoms with E-state index in [9.17, 15) is 9.59 Å². The summed E-state index contributed by atoms with van der Waals surface area (Å²) < 4.78 is 1.59. The first kappa shape index (κ1) is 11.8.